The normalized spacial score (nSPS) is 19.2. The summed E-state index contributed by atoms with van der Waals surface area (Å²) in [6.07, 6.45) is 0. The molecular formula is C11H22N2O. The minimum absolute atomic E-state index is 0.149. The maximum absolute atomic E-state index is 12.0. The first-order valence-corrected chi connectivity index (χ1v) is 5.59. The molecule has 1 atom stereocenters. The fourth-order valence-corrected chi connectivity index (χ4v) is 1.63. The molecule has 1 N–H and O–H groups in total. The Bertz CT molecular complexity index is 199. The average molecular weight is 198 g/mol. The Kier molecular flexibility index (Phi) is 3.93. The summed E-state index contributed by atoms with van der Waals surface area (Å²) in [5.74, 6) is 0.897. The standard InChI is InChI=1S/C11H22N2O/c1-5-13(10-6-12-7-10)11(14)9(4)8(2)3/h8-10,12H,5-7H2,1-4H3. The van der Waals surface area contributed by atoms with Crippen LogP contribution in [-0.2, 0) is 4.79 Å². The molecule has 0 saturated carbocycles. The molecule has 82 valence electrons. The molecule has 1 amide bonds. The van der Waals surface area contributed by atoms with Crippen molar-refractivity contribution in [2.45, 2.75) is 33.7 Å². The number of likely N-dealkylation sites (N-methyl/N-ethyl adjacent to an activating group) is 1. The van der Waals surface area contributed by atoms with E-state index in [1.807, 2.05) is 11.8 Å². The molecule has 1 saturated heterocycles. The molecule has 0 radical (unpaired) electrons. The van der Waals surface area contributed by atoms with Crippen molar-refractivity contribution >= 4 is 5.91 Å². The van der Waals surface area contributed by atoms with Crippen LogP contribution in [-0.4, -0.2) is 36.5 Å². The molecule has 0 aromatic heterocycles. The predicted octanol–water partition coefficient (Wildman–Crippen LogP) is 1.10. The molecule has 14 heavy (non-hydrogen) atoms. The van der Waals surface area contributed by atoms with Crippen molar-refractivity contribution in [1.82, 2.24) is 10.2 Å². The number of nitrogens with zero attached hydrogens (tertiary/aromatic N) is 1. The third kappa shape index (κ3) is 2.27. The van der Waals surface area contributed by atoms with Crippen LogP contribution < -0.4 is 5.32 Å². The Labute approximate surface area is 86.9 Å². The second-order valence-corrected chi connectivity index (χ2v) is 4.47. The number of carbonyl (C=O) groups excluding carboxylic acids is 1. The van der Waals surface area contributed by atoms with Crippen molar-refractivity contribution in [2.24, 2.45) is 11.8 Å². The van der Waals surface area contributed by atoms with E-state index in [2.05, 4.69) is 26.1 Å². The summed E-state index contributed by atoms with van der Waals surface area (Å²) in [5.41, 5.74) is 0. The third-order valence-electron chi connectivity index (χ3n) is 3.21. The second kappa shape index (κ2) is 4.78. The molecule has 0 aromatic carbocycles. The SMILES string of the molecule is CCN(C(=O)C(C)C(C)C)C1CNC1. The molecule has 1 heterocycles. The molecule has 1 aliphatic rings. The van der Waals surface area contributed by atoms with Crippen LogP contribution in [0.1, 0.15) is 27.7 Å². The number of nitrogens with one attached hydrogen (secondary N) is 1. The lowest BCUT2D eigenvalue weighted by atomic mass is 9.95. The van der Waals surface area contributed by atoms with Gasteiger partial charge in [-0.05, 0) is 12.8 Å². The summed E-state index contributed by atoms with van der Waals surface area (Å²) in [6, 6.07) is 0.439. The Hall–Kier alpha value is -0.570. The molecule has 1 fully saturated rings. The van der Waals surface area contributed by atoms with Gasteiger partial charge in [0, 0.05) is 25.6 Å². The molecule has 1 aliphatic heterocycles. The van der Waals surface area contributed by atoms with Crippen molar-refractivity contribution in [3.05, 3.63) is 0 Å². The van der Waals surface area contributed by atoms with Gasteiger partial charge in [-0.15, -0.1) is 0 Å². The lowest BCUT2D eigenvalue weighted by molar-refractivity contribution is -0.139. The monoisotopic (exact) mass is 198 g/mol. The molecule has 0 aromatic rings. The van der Waals surface area contributed by atoms with Gasteiger partial charge in [-0.3, -0.25) is 4.79 Å². The maximum atomic E-state index is 12.0. The van der Waals surface area contributed by atoms with E-state index in [1.54, 1.807) is 0 Å². The summed E-state index contributed by atoms with van der Waals surface area (Å²) in [4.78, 5) is 14.1. The van der Waals surface area contributed by atoms with Crippen molar-refractivity contribution in [3.63, 3.8) is 0 Å². The van der Waals surface area contributed by atoms with Crippen LogP contribution in [0, 0.1) is 11.8 Å². The Balaban J connectivity index is 2.54. The van der Waals surface area contributed by atoms with Gasteiger partial charge in [0.1, 0.15) is 0 Å². The van der Waals surface area contributed by atoms with Crippen molar-refractivity contribution < 1.29 is 4.79 Å². The molecule has 3 nitrogen and oxygen atoms in total. The number of hydrogen-bond donors (Lipinski definition) is 1. The van der Waals surface area contributed by atoms with Crippen LogP contribution in [0.4, 0.5) is 0 Å². The van der Waals surface area contributed by atoms with Crippen LogP contribution in [0.25, 0.3) is 0 Å². The summed E-state index contributed by atoms with van der Waals surface area (Å²) in [5, 5.41) is 3.21. The highest BCUT2D eigenvalue weighted by molar-refractivity contribution is 5.79. The quantitative estimate of drug-likeness (QED) is 0.733. The fraction of sp³-hybridized carbons (Fsp3) is 0.909. The average Bonchev–Trinajstić information content (AvgIpc) is 2.08. The van der Waals surface area contributed by atoms with Gasteiger partial charge in [-0.25, -0.2) is 0 Å². The molecule has 0 aliphatic carbocycles. The minimum atomic E-state index is 0.149. The van der Waals surface area contributed by atoms with Crippen LogP contribution in [0.2, 0.25) is 0 Å². The zero-order chi connectivity index (χ0) is 10.7. The summed E-state index contributed by atoms with van der Waals surface area (Å²) in [6.45, 7) is 11.1. The summed E-state index contributed by atoms with van der Waals surface area (Å²) >= 11 is 0. The lowest BCUT2D eigenvalue weighted by Crippen LogP contribution is -2.59. The van der Waals surface area contributed by atoms with E-state index in [1.165, 1.54) is 0 Å². The van der Waals surface area contributed by atoms with Gasteiger partial charge in [0.15, 0.2) is 0 Å². The number of rotatable bonds is 4. The Morgan fingerprint density at radius 1 is 1.43 bits per heavy atom. The highest BCUT2D eigenvalue weighted by Crippen LogP contribution is 2.16. The van der Waals surface area contributed by atoms with E-state index in [0.29, 0.717) is 17.9 Å². The largest absolute Gasteiger partial charge is 0.337 e. The third-order valence-corrected chi connectivity index (χ3v) is 3.21. The topological polar surface area (TPSA) is 32.3 Å². The molecule has 1 rings (SSSR count). The van der Waals surface area contributed by atoms with E-state index < -0.39 is 0 Å². The zero-order valence-electron chi connectivity index (χ0n) is 9.71. The Morgan fingerprint density at radius 3 is 2.29 bits per heavy atom. The number of amides is 1. The lowest BCUT2D eigenvalue weighted by Gasteiger charge is -2.39. The second-order valence-electron chi connectivity index (χ2n) is 4.47. The van der Waals surface area contributed by atoms with E-state index >= 15 is 0 Å². The van der Waals surface area contributed by atoms with Crippen LogP contribution in [0.15, 0.2) is 0 Å². The summed E-state index contributed by atoms with van der Waals surface area (Å²) in [7, 11) is 0. The first kappa shape index (κ1) is 11.5. The highest BCUT2D eigenvalue weighted by atomic mass is 16.2. The van der Waals surface area contributed by atoms with Crippen molar-refractivity contribution in [3.8, 4) is 0 Å². The molecule has 3 heteroatoms. The molecular weight excluding hydrogens is 176 g/mol. The summed E-state index contributed by atoms with van der Waals surface area (Å²) < 4.78 is 0. The van der Waals surface area contributed by atoms with Gasteiger partial charge in [0.2, 0.25) is 5.91 Å². The number of hydrogen-bond acceptors (Lipinski definition) is 2. The van der Waals surface area contributed by atoms with Crippen LogP contribution >= 0.6 is 0 Å². The van der Waals surface area contributed by atoms with E-state index in [-0.39, 0.29) is 5.92 Å². The molecule has 0 bridgehead atoms. The van der Waals surface area contributed by atoms with Crippen LogP contribution in [0.5, 0.6) is 0 Å². The maximum Gasteiger partial charge on any atom is 0.225 e. The molecule has 1 unspecified atom stereocenters. The van der Waals surface area contributed by atoms with Crippen molar-refractivity contribution in [2.75, 3.05) is 19.6 Å². The first-order chi connectivity index (χ1) is 6.57. The predicted molar refractivity (Wildman–Crippen MR) is 58.0 cm³/mol. The first-order valence-electron chi connectivity index (χ1n) is 5.59. The Morgan fingerprint density at radius 2 is 2.00 bits per heavy atom. The fourth-order valence-electron chi connectivity index (χ4n) is 1.63. The van der Waals surface area contributed by atoms with E-state index in [4.69, 9.17) is 0 Å². The van der Waals surface area contributed by atoms with Gasteiger partial charge in [0.05, 0.1) is 6.04 Å². The van der Waals surface area contributed by atoms with Crippen LogP contribution in [0.3, 0.4) is 0 Å². The van der Waals surface area contributed by atoms with E-state index in [9.17, 15) is 4.79 Å². The highest BCUT2D eigenvalue weighted by Gasteiger charge is 2.30. The van der Waals surface area contributed by atoms with Gasteiger partial charge in [-0.2, -0.15) is 0 Å². The zero-order valence-corrected chi connectivity index (χ0v) is 9.71. The van der Waals surface area contributed by atoms with Gasteiger partial charge >= 0.3 is 0 Å². The van der Waals surface area contributed by atoms with Crippen molar-refractivity contribution in [1.29, 1.82) is 0 Å². The van der Waals surface area contributed by atoms with Gasteiger partial charge in [0.25, 0.3) is 0 Å². The van der Waals surface area contributed by atoms with E-state index in [0.717, 1.165) is 19.6 Å². The van der Waals surface area contributed by atoms with Gasteiger partial charge in [-0.1, -0.05) is 20.8 Å². The minimum Gasteiger partial charge on any atom is -0.337 e. The number of carbonyl (C=O) groups is 1. The van der Waals surface area contributed by atoms with Gasteiger partial charge < -0.3 is 10.2 Å². The smallest absolute Gasteiger partial charge is 0.225 e. The molecule has 0 spiro atoms.